The van der Waals surface area contributed by atoms with Crippen LogP contribution in [-0.2, 0) is 13.1 Å². The molecule has 0 aliphatic carbocycles. The van der Waals surface area contributed by atoms with E-state index in [1.807, 2.05) is 58.2 Å². The number of ether oxygens (including phenoxy) is 2. The van der Waals surface area contributed by atoms with Gasteiger partial charge < -0.3 is 14.4 Å². The predicted molar refractivity (Wildman–Crippen MR) is 135 cm³/mol. The Morgan fingerprint density at radius 3 is 2.50 bits per heavy atom. The van der Waals surface area contributed by atoms with Gasteiger partial charge in [0.2, 0.25) is 6.79 Å². The van der Waals surface area contributed by atoms with E-state index in [1.54, 1.807) is 12.4 Å². The third-order valence-electron chi connectivity index (χ3n) is 6.62. The molecule has 0 atom stereocenters. The molecule has 6 rings (SSSR count). The summed E-state index contributed by atoms with van der Waals surface area (Å²) in [4.78, 5) is 22.2. The molecule has 8 heteroatoms. The highest BCUT2D eigenvalue weighted by Gasteiger charge is 2.27. The highest BCUT2D eigenvalue weighted by molar-refractivity contribution is 5.99. The molecule has 0 N–H and O–H groups in total. The molecule has 2 aromatic heterocycles. The number of hydrogen-bond donors (Lipinski definition) is 0. The first-order valence-corrected chi connectivity index (χ1v) is 12.1. The van der Waals surface area contributed by atoms with E-state index in [2.05, 4.69) is 28.1 Å². The van der Waals surface area contributed by atoms with Crippen LogP contribution in [0, 0.1) is 0 Å². The monoisotopic (exact) mass is 481 g/mol. The number of aromatic nitrogens is 3. The molecular weight excluding hydrogens is 454 g/mol. The lowest BCUT2D eigenvalue weighted by Gasteiger charge is -2.34. The number of pyridine rings is 1. The summed E-state index contributed by atoms with van der Waals surface area (Å²) < 4.78 is 12.8. The lowest BCUT2D eigenvalue weighted by atomic mass is 10.1. The fraction of sp³-hybridized carbons (Fsp3) is 0.250. The molecule has 0 spiro atoms. The van der Waals surface area contributed by atoms with Crippen LogP contribution in [0.2, 0.25) is 0 Å². The molecule has 0 radical (unpaired) electrons. The van der Waals surface area contributed by atoms with Gasteiger partial charge in [0.15, 0.2) is 11.5 Å². The average molecular weight is 482 g/mol. The molecule has 4 aromatic rings. The maximum atomic E-state index is 13.7. The number of nitrogens with zero attached hydrogens (tertiary/aromatic N) is 5. The number of amides is 1. The second-order valence-electron chi connectivity index (χ2n) is 9.07. The molecule has 8 nitrogen and oxygen atoms in total. The highest BCUT2D eigenvalue weighted by Crippen LogP contribution is 2.33. The van der Waals surface area contributed by atoms with Crippen molar-refractivity contribution in [3.63, 3.8) is 0 Å². The standard InChI is InChI=1S/C28H27N5O3/c34-28(32-13-11-31(12-14-32)17-22-8-9-25-26(15-22)36-20-35-25)24-19-33(18-21-5-2-1-3-6-21)30-27(24)23-7-4-10-29-16-23/h1-10,15-16,19H,11-14,17-18,20H2. The van der Waals surface area contributed by atoms with Crippen LogP contribution >= 0.6 is 0 Å². The minimum absolute atomic E-state index is 0.0101. The Labute approximate surface area is 209 Å². The summed E-state index contributed by atoms with van der Waals surface area (Å²) in [6.07, 6.45) is 5.36. The van der Waals surface area contributed by atoms with Crippen LogP contribution in [0.15, 0.2) is 79.3 Å². The summed E-state index contributed by atoms with van der Waals surface area (Å²) in [5, 5.41) is 4.79. The Balaban J connectivity index is 1.16. The number of fused-ring (bicyclic) bond motifs is 1. The van der Waals surface area contributed by atoms with Crippen molar-refractivity contribution in [2.45, 2.75) is 13.1 Å². The van der Waals surface area contributed by atoms with Crippen LogP contribution in [-0.4, -0.2) is 63.4 Å². The molecule has 0 saturated carbocycles. The minimum Gasteiger partial charge on any atom is -0.454 e. The Kier molecular flexibility index (Phi) is 6.09. The largest absolute Gasteiger partial charge is 0.454 e. The summed E-state index contributed by atoms with van der Waals surface area (Å²) in [6.45, 7) is 4.64. The second kappa shape index (κ2) is 9.83. The maximum absolute atomic E-state index is 13.7. The summed E-state index contributed by atoms with van der Waals surface area (Å²) in [5.74, 6) is 1.61. The molecule has 0 unspecified atom stereocenters. The molecule has 36 heavy (non-hydrogen) atoms. The zero-order chi connectivity index (χ0) is 24.3. The van der Waals surface area contributed by atoms with Gasteiger partial charge in [-0.25, -0.2) is 0 Å². The maximum Gasteiger partial charge on any atom is 0.257 e. The van der Waals surface area contributed by atoms with E-state index in [1.165, 1.54) is 5.56 Å². The first kappa shape index (κ1) is 22.3. The van der Waals surface area contributed by atoms with Gasteiger partial charge >= 0.3 is 0 Å². The topological polar surface area (TPSA) is 72.7 Å². The van der Waals surface area contributed by atoms with Crippen molar-refractivity contribution in [1.29, 1.82) is 0 Å². The first-order valence-electron chi connectivity index (χ1n) is 12.1. The fourth-order valence-electron chi connectivity index (χ4n) is 4.72. The molecule has 2 aromatic carbocycles. The Hall–Kier alpha value is -4.17. The zero-order valence-electron chi connectivity index (χ0n) is 19.9. The van der Waals surface area contributed by atoms with E-state index >= 15 is 0 Å². The van der Waals surface area contributed by atoms with Gasteiger partial charge in [-0.05, 0) is 35.4 Å². The summed E-state index contributed by atoms with van der Waals surface area (Å²) in [5.41, 5.74) is 4.44. The predicted octanol–water partition coefficient (Wildman–Crippen LogP) is 3.68. The average Bonchev–Trinajstić information content (AvgIpc) is 3.57. The lowest BCUT2D eigenvalue weighted by molar-refractivity contribution is 0.0629. The molecule has 2 aliphatic heterocycles. The van der Waals surface area contributed by atoms with Crippen molar-refractivity contribution >= 4 is 5.91 Å². The Morgan fingerprint density at radius 1 is 0.861 bits per heavy atom. The molecular formula is C28H27N5O3. The highest BCUT2D eigenvalue weighted by atomic mass is 16.7. The number of carbonyl (C=O) groups is 1. The molecule has 1 amide bonds. The third-order valence-corrected chi connectivity index (χ3v) is 6.62. The minimum atomic E-state index is 0.0101. The smallest absolute Gasteiger partial charge is 0.257 e. The van der Waals surface area contributed by atoms with Crippen LogP contribution in [0.1, 0.15) is 21.5 Å². The quantitative estimate of drug-likeness (QED) is 0.418. The van der Waals surface area contributed by atoms with Gasteiger partial charge in [0, 0.05) is 56.9 Å². The molecule has 2 aliphatic rings. The molecule has 4 heterocycles. The van der Waals surface area contributed by atoms with E-state index in [9.17, 15) is 4.79 Å². The summed E-state index contributed by atoms with van der Waals surface area (Å²) >= 11 is 0. The first-order chi connectivity index (χ1) is 17.7. The number of carbonyl (C=O) groups excluding carboxylic acids is 1. The molecule has 182 valence electrons. The van der Waals surface area contributed by atoms with Gasteiger partial charge in [0.05, 0.1) is 12.1 Å². The third kappa shape index (κ3) is 4.67. The lowest BCUT2D eigenvalue weighted by Crippen LogP contribution is -2.48. The van der Waals surface area contributed by atoms with Crippen molar-refractivity contribution in [3.05, 3.63) is 95.9 Å². The number of hydrogen-bond acceptors (Lipinski definition) is 6. The van der Waals surface area contributed by atoms with Crippen LogP contribution in [0.25, 0.3) is 11.3 Å². The second-order valence-corrected chi connectivity index (χ2v) is 9.07. The van der Waals surface area contributed by atoms with Crippen molar-refractivity contribution in [3.8, 4) is 22.8 Å². The van der Waals surface area contributed by atoms with Gasteiger partial charge in [0.1, 0.15) is 5.69 Å². The number of benzene rings is 2. The van der Waals surface area contributed by atoms with Gasteiger partial charge in [0.25, 0.3) is 5.91 Å². The Morgan fingerprint density at radius 2 is 1.69 bits per heavy atom. The van der Waals surface area contributed by atoms with Crippen LogP contribution in [0.5, 0.6) is 11.5 Å². The number of piperazine rings is 1. The van der Waals surface area contributed by atoms with Crippen LogP contribution in [0.3, 0.4) is 0 Å². The van der Waals surface area contributed by atoms with Gasteiger partial charge in [-0.3, -0.25) is 19.4 Å². The van der Waals surface area contributed by atoms with E-state index < -0.39 is 0 Å². The fourth-order valence-corrected chi connectivity index (χ4v) is 4.72. The Bertz CT molecular complexity index is 1350. The van der Waals surface area contributed by atoms with Crippen molar-refractivity contribution in [1.82, 2.24) is 24.6 Å². The summed E-state index contributed by atoms with van der Waals surface area (Å²) in [7, 11) is 0. The van der Waals surface area contributed by atoms with Crippen LogP contribution in [0.4, 0.5) is 0 Å². The van der Waals surface area contributed by atoms with Gasteiger partial charge in [-0.15, -0.1) is 0 Å². The number of rotatable bonds is 6. The van der Waals surface area contributed by atoms with Crippen molar-refractivity contribution in [2.24, 2.45) is 0 Å². The van der Waals surface area contributed by atoms with E-state index in [0.29, 0.717) is 30.9 Å². The van der Waals surface area contributed by atoms with Gasteiger partial charge in [-0.1, -0.05) is 36.4 Å². The molecule has 1 fully saturated rings. The van der Waals surface area contributed by atoms with E-state index in [-0.39, 0.29) is 12.7 Å². The van der Waals surface area contributed by atoms with E-state index in [0.717, 1.165) is 42.3 Å². The summed E-state index contributed by atoms with van der Waals surface area (Å²) in [6, 6.07) is 20.0. The SMILES string of the molecule is O=C(c1cn(Cc2ccccc2)nc1-c1cccnc1)N1CCN(Cc2ccc3c(c2)OCO3)CC1. The van der Waals surface area contributed by atoms with Crippen molar-refractivity contribution in [2.75, 3.05) is 33.0 Å². The van der Waals surface area contributed by atoms with E-state index in [4.69, 9.17) is 14.6 Å². The van der Waals surface area contributed by atoms with Crippen molar-refractivity contribution < 1.29 is 14.3 Å². The molecule has 0 bridgehead atoms. The normalized spacial score (nSPS) is 15.3. The van der Waals surface area contributed by atoms with Gasteiger partial charge in [-0.2, -0.15) is 5.10 Å². The van der Waals surface area contributed by atoms with Crippen LogP contribution < -0.4 is 9.47 Å². The molecule has 1 saturated heterocycles. The zero-order valence-corrected chi connectivity index (χ0v) is 19.9.